The molecule has 8 heterocycles. The summed E-state index contributed by atoms with van der Waals surface area (Å²) in [5, 5.41) is 61.3. The molecule has 29 heteroatoms. The van der Waals surface area contributed by atoms with E-state index >= 15 is 0 Å². The third-order valence-electron chi connectivity index (χ3n) is 16.8. The van der Waals surface area contributed by atoms with Crippen molar-refractivity contribution < 1.29 is 82.3 Å². The van der Waals surface area contributed by atoms with Gasteiger partial charge in [0.25, 0.3) is 11.1 Å². The fraction of sp³-hybridized carbons (Fsp3) is 0.484. The number of hydrogen-bond donors (Lipinski definition) is 6. The maximum atomic E-state index is 14.7. The first kappa shape index (κ1) is 69.2. The Bertz CT molecular complexity index is 4210. The standard InChI is InChI=1S/C34H39N3O14S.C28H31N3O7S.C2H6/c1-16-21-28(41)37(34(2,3)32(44)51-31-24(40)22(38)23(39)25(50-31)30(42)43)33(45)36(29(21)52-26(16)27-35-11-14-48-27)15-20(49-17-9-12-47-13-10-17)18-7-5-6-8-19(18)46-4;1-16-21-24(33)31(28(2,3)26(34)35)27(36)30(25(21)39-22(16)23-29-13-14-37-23)15-20(18-11-7-8-12-19(18)32)38-17-9-5-4-6-10-17;1-2/h5-8,11,14,17,20,22-25,31,38-40H,9-10,12-13,15H2,1-4H3,(H,42,43);7-8,11-14,17,20,32H,4-6,9-10,15H2,1-3H3,(H,34,35);1-2H3/t20-,22?,23?,24?,25?,31?;20-;/m00./s1. The average Bonchev–Trinajstić information content (AvgIpc) is 1.66. The first-order chi connectivity index (χ1) is 44.4. The van der Waals surface area contributed by atoms with Crippen LogP contribution in [0.4, 0.5) is 0 Å². The number of aryl methyl sites for hydroxylation is 2. The number of benzene rings is 2. The van der Waals surface area contributed by atoms with E-state index < -0.39 is 94.4 Å². The number of rotatable bonds is 19. The predicted octanol–water partition coefficient (Wildman–Crippen LogP) is 7.13. The molecule has 5 unspecified atom stereocenters. The molecule has 0 radical (unpaired) electrons. The third kappa shape index (κ3) is 13.8. The van der Waals surface area contributed by atoms with Crippen LogP contribution in [0, 0.1) is 13.8 Å². The van der Waals surface area contributed by atoms with E-state index in [0.29, 0.717) is 79.1 Å². The molecule has 2 saturated heterocycles. The molecule has 93 heavy (non-hydrogen) atoms. The smallest absolute Gasteiger partial charge is 0.335 e. The SMILES string of the molecule is CC.COc1ccccc1[C@H](Cn1c(=O)n(C(C)(C)C(=O)OC2OC(C(=O)O)C(O)C(O)C2O)c(=O)c2c(C)c(-c3ncco3)sc21)OC1CCOCC1.Cc1c(-c2ncco2)sc2c1c(=O)n(C(C)(C)C(=O)O)c(=O)n2C[C@H](OC1CCCCC1)c1ccccc1O. The number of aromatic hydroxyl groups is 1. The van der Waals surface area contributed by atoms with Gasteiger partial charge < -0.3 is 67.9 Å². The maximum absolute atomic E-state index is 14.7. The Labute approximate surface area is 539 Å². The van der Waals surface area contributed by atoms with Gasteiger partial charge in [-0.05, 0) is 90.5 Å². The van der Waals surface area contributed by atoms with Crippen LogP contribution >= 0.6 is 22.7 Å². The van der Waals surface area contributed by atoms with Gasteiger partial charge in [-0.25, -0.2) is 43.1 Å². The summed E-state index contributed by atoms with van der Waals surface area (Å²) in [5.41, 5.74) is -5.07. The third-order valence-corrected chi connectivity index (χ3v) is 19.4. The van der Waals surface area contributed by atoms with E-state index in [1.165, 1.54) is 80.2 Å². The molecule has 1 aliphatic carbocycles. The Hall–Kier alpha value is -8.13. The molecule has 6 aromatic heterocycles. The molecule has 8 aromatic rings. The Morgan fingerprint density at radius 2 is 1.15 bits per heavy atom. The van der Waals surface area contributed by atoms with E-state index in [-0.39, 0.29) is 52.5 Å². The van der Waals surface area contributed by atoms with E-state index in [4.69, 9.17) is 37.3 Å². The lowest BCUT2D eigenvalue weighted by atomic mass is 9.97. The summed E-state index contributed by atoms with van der Waals surface area (Å²) in [6, 6.07) is 14.0. The van der Waals surface area contributed by atoms with Gasteiger partial charge in [-0.3, -0.25) is 18.7 Å². The highest BCUT2D eigenvalue weighted by molar-refractivity contribution is 7.22. The number of para-hydroxylation sites is 2. The number of thiophene rings is 2. The molecule has 3 fully saturated rings. The van der Waals surface area contributed by atoms with Crippen molar-refractivity contribution in [2.45, 2.75) is 180 Å². The number of aliphatic hydroxyl groups is 3. The summed E-state index contributed by atoms with van der Waals surface area (Å²) in [6.07, 6.45) is -0.224. The fourth-order valence-corrected chi connectivity index (χ4v) is 14.1. The molecule has 0 bridgehead atoms. The van der Waals surface area contributed by atoms with E-state index in [0.717, 1.165) is 48.0 Å². The van der Waals surface area contributed by atoms with Gasteiger partial charge >= 0.3 is 29.3 Å². The topological polar surface area (TPSA) is 368 Å². The van der Waals surface area contributed by atoms with Crippen LogP contribution in [0.15, 0.2) is 101 Å². The number of carboxylic acid groups (broad SMARTS) is 2. The number of aliphatic hydroxyl groups excluding tert-OH is 3. The molecule has 11 rings (SSSR count). The molecule has 3 aliphatic rings. The van der Waals surface area contributed by atoms with Crippen molar-refractivity contribution >= 4 is 61.0 Å². The van der Waals surface area contributed by atoms with Gasteiger partial charge in [0.1, 0.15) is 75.3 Å². The van der Waals surface area contributed by atoms with Crippen LogP contribution in [0.1, 0.15) is 121 Å². The van der Waals surface area contributed by atoms with E-state index in [2.05, 4.69) is 9.97 Å². The normalized spacial score (nSPS) is 19.7. The summed E-state index contributed by atoms with van der Waals surface area (Å²) < 4.78 is 50.1. The molecule has 1 saturated carbocycles. The number of phenolic OH excluding ortho intramolecular Hbond substituents is 1. The number of carbonyl (C=O) groups is 3. The van der Waals surface area contributed by atoms with Gasteiger partial charge in [-0.1, -0.05) is 69.5 Å². The number of ether oxygens (including phenoxy) is 6. The van der Waals surface area contributed by atoms with E-state index in [9.17, 15) is 64.2 Å². The van der Waals surface area contributed by atoms with Crippen molar-refractivity contribution in [3.8, 4) is 33.0 Å². The number of oxazole rings is 2. The molecule has 6 N–H and O–H groups in total. The first-order valence-electron chi connectivity index (χ1n) is 30.4. The van der Waals surface area contributed by atoms with Crippen molar-refractivity contribution in [3.63, 3.8) is 0 Å². The number of aliphatic carboxylic acids is 2. The Morgan fingerprint density at radius 3 is 1.63 bits per heavy atom. The number of aromatic nitrogens is 6. The van der Waals surface area contributed by atoms with Crippen molar-refractivity contribution in [3.05, 3.63) is 137 Å². The molecule has 2 aliphatic heterocycles. The summed E-state index contributed by atoms with van der Waals surface area (Å²) in [6.45, 7) is 13.3. The molecule has 7 atom stereocenters. The zero-order chi connectivity index (χ0) is 67.4. The summed E-state index contributed by atoms with van der Waals surface area (Å²) >= 11 is 2.28. The lowest BCUT2D eigenvalue weighted by molar-refractivity contribution is -0.288. The number of methoxy groups -OCH3 is 1. The summed E-state index contributed by atoms with van der Waals surface area (Å²) in [7, 11) is 1.51. The van der Waals surface area contributed by atoms with Gasteiger partial charge in [0.05, 0.1) is 65.3 Å². The van der Waals surface area contributed by atoms with Crippen LogP contribution in [-0.2, 0) is 62.2 Å². The van der Waals surface area contributed by atoms with E-state index in [1.807, 2.05) is 19.9 Å². The Balaban J connectivity index is 0.000000222. The average molecular weight is 1330 g/mol. The van der Waals surface area contributed by atoms with Crippen LogP contribution in [0.3, 0.4) is 0 Å². The monoisotopic (exact) mass is 1330 g/mol. The minimum atomic E-state index is -2.12. The predicted molar refractivity (Wildman–Crippen MR) is 339 cm³/mol. The molecule has 0 spiro atoms. The van der Waals surface area contributed by atoms with Crippen LogP contribution in [0.5, 0.6) is 11.5 Å². The van der Waals surface area contributed by atoms with Gasteiger partial charge in [0.2, 0.25) is 18.1 Å². The van der Waals surface area contributed by atoms with Crippen LogP contribution in [0.2, 0.25) is 0 Å². The highest BCUT2D eigenvalue weighted by Gasteiger charge is 2.50. The molecule has 2 aromatic carbocycles. The molecule has 500 valence electrons. The number of phenols is 1. The lowest BCUT2D eigenvalue weighted by Gasteiger charge is -2.39. The van der Waals surface area contributed by atoms with Crippen molar-refractivity contribution in [2.75, 3.05) is 20.3 Å². The Kier molecular flexibility index (Phi) is 21.6. The molecule has 0 amide bonds. The lowest BCUT2D eigenvalue weighted by Crippen LogP contribution is -2.62. The minimum Gasteiger partial charge on any atom is -0.508 e. The Morgan fingerprint density at radius 1 is 0.667 bits per heavy atom. The quantitative estimate of drug-likeness (QED) is 0.0438. The molecular weight excluding hydrogens is 1250 g/mol. The van der Waals surface area contributed by atoms with Crippen molar-refractivity contribution in [1.29, 1.82) is 0 Å². The second-order valence-corrected chi connectivity index (χ2v) is 25.4. The van der Waals surface area contributed by atoms with Gasteiger partial charge in [-0.15, -0.1) is 22.7 Å². The molecule has 27 nitrogen and oxygen atoms in total. The maximum Gasteiger partial charge on any atom is 0.335 e. The highest BCUT2D eigenvalue weighted by atomic mass is 32.1. The number of carboxylic acids is 2. The zero-order valence-corrected chi connectivity index (χ0v) is 54.3. The van der Waals surface area contributed by atoms with Gasteiger partial charge in [0, 0.05) is 24.3 Å². The highest BCUT2D eigenvalue weighted by Crippen LogP contribution is 2.41. The van der Waals surface area contributed by atoms with Gasteiger partial charge in [0.15, 0.2) is 6.10 Å². The first-order valence-corrected chi connectivity index (χ1v) is 32.0. The van der Waals surface area contributed by atoms with Crippen molar-refractivity contribution in [1.82, 2.24) is 28.2 Å². The van der Waals surface area contributed by atoms with E-state index in [1.54, 1.807) is 56.3 Å². The number of hydrogen-bond acceptors (Lipinski definition) is 23. The largest absolute Gasteiger partial charge is 0.508 e. The van der Waals surface area contributed by atoms with Gasteiger partial charge in [-0.2, -0.15) is 0 Å². The number of carbonyl (C=O) groups excluding carboxylic acids is 1. The van der Waals surface area contributed by atoms with Crippen LogP contribution in [-0.4, -0.2) is 140 Å². The zero-order valence-electron chi connectivity index (χ0n) is 52.7. The minimum absolute atomic E-state index is 0.0321. The molecular formula is C64H76N6O21S2. The fourth-order valence-electron chi connectivity index (χ4n) is 11.6. The second-order valence-electron chi connectivity index (χ2n) is 23.4. The summed E-state index contributed by atoms with van der Waals surface area (Å²) in [5.74, 6) is -3.25. The second kappa shape index (κ2) is 29.0. The van der Waals surface area contributed by atoms with Crippen LogP contribution < -0.4 is 27.2 Å². The van der Waals surface area contributed by atoms with Crippen LogP contribution in [0.25, 0.3) is 42.0 Å². The number of nitrogens with zero attached hydrogens (tertiary/aromatic N) is 6. The number of fused-ring (bicyclic) bond motifs is 2. The number of esters is 1. The van der Waals surface area contributed by atoms with Crippen molar-refractivity contribution in [2.24, 2.45) is 0 Å². The summed E-state index contributed by atoms with van der Waals surface area (Å²) in [4.78, 5) is 105.